The second-order valence-electron chi connectivity index (χ2n) is 4.35. The van der Waals surface area contributed by atoms with Gasteiger partial charge in [0.25, 0.3) is 12.3 Å². The Morgan fingerprint density at radius 1 is 1.45 bits per heavy atom. The van der Waals surface area contributed by atoms with Crippen LogP contribution < -0.4 is 5.32 Å². The van der Waals surface area contributed by atoms with Crippen LogP contribution in [0.15, 0.2) is 12.4 Å². The summed E-state index contributed by atoms with van der Waals surface area (Å²) in [4.78, 5) is 16.2. The highest BCUT2D eigenvalue weighted by molar-refractivity contribution is 5.98. The van der Waals surface area contributed by atoms with Crippen LogP contribution >= 0.6 is 0 Å². The molecule has 0 atom stereocenters. The Bertz CT molecular complexity index is 632. The van der Waals surface area contributed by atoms with E-state index < -0.39 is 18.9 Å². The Hall–Kier alpha value is -2.25. The third kappa shape index (κ3) is 2.54. The van der Waals surface area contributed by atoms with Gasteiger partial charge in [0.2, 0.25) is 0 Å². The van der Waals surface area contributed by atoms with E-state index in [9.17, 15) is 13.6 Å². The first-order valence-electron chi connectivity index (χ1n) is 6.02. The lowest BCUT2D eigenvalue weighted by atomic mass is 10.2. The normalized spacial score (nSPS) is 11.1. The maximum Gasteiger partial charge on any atom is 0.257 e. The molecule has 0 bridgehead atoms. The lowest BCUT2D eigenvalue weighted by molar-refractivity contribution is 0.0891. The van der Waals surface area contributed by atoms with Gasteiger partial charge in [-0.05, 0) is 13.8 Å². The summed E-state index contributed by atoms with van der Waals surface area (Å²) in [6.45, 7) is 2.76. The van der Waals surface area contributed by atoms with Crippen molar-refractivity contribution in [2.75, 3.05) is 6.54 Å². The predicted molar refractivity (Wildman–Crippen MR) is 68.1 cm³/mol. The summed E-state index contributed by atoms with van der Waals surface area (Å²) in [6, 6.07) is 0. The Labute approximate surface area is 114 Å². The molecule has 2 heterocycles. The van der Waals surface area contributed by atoms with Gasteiger partial charge in [0.05, 0.1) is 12.2 Å². The number of aryl methyl sites for hydroxylation is 3. The molecule has 0 radical (unpaired) electrons. The van der Waals surface area contributed by atoms with E-state index in [2.05, 4.69) is 15.4 Å². The third-order valence-electron chi connectivity index (χ3n) is 2.89. The number of hydrogen-bond donors (Lipinski definition) is 1. The van der Waals surface area contributed by atoms with Gasteiger partial charge in [0, 0.05) is 19.4 Å². The SMILES string of the molecule is Cc1nn(C)c(-n2ccnc2C)c1C(=O)NCC(F)F. The zero-order chi connectivity index (χ0) is 14.9. The van der Waals surface area contributed by atoms with E-state index in [-0.39, 0.29) is 5.56 Å². The molecule has 0 aliphatic carbocycles. The summed E-state index contributed by atoms with van der Waals surface area (Å²) in [6.07, 6.45) is 0.697. The highest BCUT2D eigenvalue weighted by Gasteiger charge is 2.22. The Morgan fingerprint density at radius 2 is 2.15 bits per heavy atom. The van der Waals surface area contributed by atoms with Gasteiger partial charge in [-0.2, -0.15) is 5.10 Å². The number of alkyl halides is 2. The lowest BCUT2D eigenvalue weighted by Crippen LogP contribution is -2.29. The van der Waals surface area contributed by atoms with Crippen molar-refractivity contribution in [3.63, 3.8) is 0 Å². The maximum absolute atomic E-state index is 12.2. The molecule has 0 unspecified atom stereocenters. The summed E-state index contributed by atoms with van der Waals surface area (Å²) >= 11 is 0. The highest BCUT2D eigenvalue weighted by atomic mass is 19.3. The van der Waals surface area contributed by atoms with Crippen LogP contribution in [-0.2, 0) is 7.05 Å². The molecule has 0 fully saturated rings. The van der Waals surface area contributed by atoms with E-state index in [0.29, 0.717) is 17.3 Å². The van der Waals surface area contributed by atoms with Gasteiger partial charge >= 0.3 is 0 Å². The number of carbonyl (C=O) groups is 1. The average Bonchev–Trinajstić information content (AvgIpc) is 2.89. The van der Waals surface area contributed by atoms with Gasteiger partial charge < -0.3 is 5.32 Å². The fourth-order valence-corrected chi connectivity index (χ4v) is 2.05. The Balaban J connectivity index is 2.43. The molecule has 6 nitrogen and oxygen atoms in total. The van der Waals surface area contributed by atoms with Crippen LogP contribution in [-0.4, -0.2) is 38.2 Å². The van der Waals surface area contributed by atoms with E-state index in [0.717, 1.165) is 0 Å². The molecular formula is C12H15F2N5O. The van der Waals surface area contributed by atoms with Gasteiger partial charge in [-0.1, -0.05) is 0 Å². The first-order chi connectivity index (χ1) is 9.41. The van der Waals surface area contributed by atoms with Gasteiger partial charge in [-0.3, -0.25) is 14.0 Å². The van der Waals surface area contributed by atoms with E-state index in [1.807, 2.05) is 0 Å². The fourth-order valence-electron chi connectivity index (χ4n) is 2.05. The molecule has 1 N–H and O–H groups in total. The number of aromatic nitrogens is 4. The van der Waals surface area contributed by atoms with Crippen molar-refractivity contribution in [3.05, 3.63) is 29.5 Å². The average molecular weight is 283 g/mol. The van der Waals surface area contributed by atoms with Crippen molar-refractivity contribution in [2.24, 2.45) is 7.05 Å². The molecule has 0 saturated heterocycles. The summed E-state index contributed by atoms with van der Waals surface area (Å²) in [7, 11) is 1.69. The van der Waals surface area contributed by atoms with Crippen LogP contribution in [0.2, 0.25) is 0 Å². The third-order valence-corrected chi connectivity index (χ3v) is 2.89. The smallest absolute Gasteiger partial charge is 0.257 e. The van der Waals surface area contributed by atoms with E-state index in [1.165, 1.54) is 4.68 Å². The number of hydrogen-bond acceptors (Lipinski definition) is 3. The van der Waals surface area contributed by atoms with Gasteiger partial charge in [-0.15, -0.1) is 0 Å². The summed E-state index contributed by atoms with van der Waals surface area (Å²) in [5.41, 5.74) is 0.747. The van der Waals surface area contributed by atoms with E-state index in [4.69, 9.17) is 0 Å². The molecule has 108 valence electrons. The van der Waals surface area contributed by atoms with Crippen LogP contribution in [0.1, 0.15) is 21.9 Å². The van der Waals surface area contributed by atoms with Crippen LogP contribution in [0, 0.1) is 13.8 Å². The molecule has 20 heavy (non-hydrogen) atoms. The second-order valence-corrected chi connectivity index (χ2v) is 4.35. The molecule has 2 aromatic heterocycles. The van der Waals surface area contributed by atoms with Crippen molar-refractivity contribution in [2.45, 2.75) is 20.3 Å². The van der Waals surface area contributed by atoms with Crippen LogP contribution in [0.25, 0.3) is 5.82 Å². The molecule has 0 aliphatic rings. The van der Waals surface area contributed by atoms with Crippen molar-refractivity contribution in [3.8, 4) is 5.82 Å². The van der Waals surface area contributed by atoms with Crippen molar-refractivity contribution >= 4 is 5.91 Å². The maximum atomic E-state index is 12.2. The van der Waals surface area contributed by atoms with Gasteiger partial charge in [0.1, 0.15) is 17.2 Å². The first kappa shape index (κ1) is 14.2. The van der Waals surface area contributed by atoms with Gasteiger partial charge in [0.15, 0.2) is 0 Å². The predicted octanol–water partition coefficient (Wildman–Crippen LogP) is 1.22. The molecule has 0 saturated carbocycles. The molecule has 0 aromatic carbocycles. The van der Waals surface area contributed by atoms with E-state index in [1.54, 1.807) is 37.9 Å². The molecule has 0 aliphatic heterocycles. The zero-order valence-corrected chi connectivity index (χ0v) is 11.4. The topological polar surface area (TPSA) is 64.7 Å². The molecule has 2 aromatic rings. The minimum atomic E-state index is -2.59. The largest absolute Gasteiger partial charge is 0.346 e. The number of carbonyl (C=O) groups excluding carboxylic acids is 1. The highest BCUT2D eigenvalue weighted by Crippen LogP contribution is 2.19. The monoisotopic (exact) mass is 283 g/mol. The summed E-state index contributed by atoms with van der Waals surface area (Å²) in [5.74, 6) is 0.610. The Kier molecular flexibility index (Phi) is 3.82. The standard InChI is InChI=1S/C12H15F2N5O/c1-7-10(11(20)16-6-9(13)14)12(18(3)17-7)19-5-4-15-8(19)2/h4-5,9H,6H2,1-3H3,(H,16,20). The summed E-state index contributed by atoms with van der Waals surface area (Å²) in [5, 5.41) is 6.37. The number of rotatable bonds is 4. The Morgan fingerprint density at radius 3 is 2.70 bits per heavy atom. The molecule has 8 heteroatoms. The number of imidazole rings is 1. The van der Waals surface area contributed by atoms with Crippen LogP contribution in [0.3, 0.4) is 0 Å². The molecular weight excluding hydrogens is 268 g/mol. The lowest BCUT2D eigenvalue weighted by Gasteiger charge is -2.09. The van der Waals surface area contributed by atoms with E-state index >= 15 is 0 Å². The van der Waals surface area contributed by atoms with Crippen LogP contribution in [0.5, 0.6) is 0 Å². The quantitative estimate of drug-likeness (QED) is 0.917. The van der Waals surface area contributed by atoms with Crippen LogP contribution in [0.4, 0.5) is 8.78 Å². The molecule has 0 spiro atoms. The number of amides is 1. The molecule has 2 rings (SSSR count). The van der Waals surface area contributed by atoms with Gasteiger partial charge in [-0.25, -0.2) is 13.8 Å². The van der Waals surface area contributed by atoms with Crippen molar-refractivity contribution in [1.82, 2.24) is 24.6 Å². The van der Waals surface area contributed by atoms with Crippen molar-refractivity contribution in [1.29, 1.82) is 0 Å². The zero-order valence-electron chi connectivity index (χ0n) is 11.4. The first-order valence-corrected chi connectivity index (χ1v) is 6.02. The minimum Gasteiger partial charge on any atom is -0.346 e. The minimum absolute atomic E-state index is 0.272. The fraction of sp³-hybridized carbons (Fsp3) is 0.417. The van der Waals surface area contributed by atoms with Crippen molar-refractivity contribution < 1.29 is 13.6 Å². The number of nitrogens with one attached hydrogen (secondary N) is 1. The number of nitrogens with zero attached hydrogens (tertiary/aromatic N) is 4. The second kappa shape index (κ2) is 5.40. The summed E-state index contributed by atoms with van der Waals surface area (Å²) < 4.78 is 27.6. The molecule has 1 amide bonds. The number of halogens is 2.